The van der Waals surface area contributed by atoms with Gasteiger partial charge in [0.05, 0.1) is 18.5 Å². The molecule has 0 aliphatic carbocycles. The second-order valence-electron chi connectivity index (χ2n) is 5.18. The number of hydrogen-bond acceptors (Lipinski definition) is 6. The average molecular weight is 347 g/mol. The molecular formula is C16H17N3O2S2. The minimum Gasteiger partial charge on any atom is -0.496 e. The van der Waals surface area contributed by atoms with Gasteiger partial charge in [-0.3, -0.25) is 14.2 Å². The van der Waals surface area contributed by atoms with Gasteiger partial charge in [-0.2, -0.15) is 0 Å². The molecule has 0 unspecified atom stereocenters. The van der Waals surface area contributed by atoms with Crippen LogP contribution in [0, 0.1) is 13.8 Å². The highest BCUT2D eigenvalue weighted by molar-refractivity contribution is 7.97. The molecule has 0 aliphatic heterocycles. The Labute approximate surface area is 142 Å². The maximum Gasteiger partial charge on any atom is 0.258 e. The lowest BCUT2D eigenvalue weighted by molar-refractivity contribution is 0.407. The quantitative estimate of drug-likeness (QED) is 0.709. The monoisotopic (exact) mass is 347 g/mol. The van der Waals surface area contributed by atoms with Crippen molar-refractivity contribution in [2.45, 2.75) is 25.4 Å². The Morgan fingerprint density at radius 2 is 2.17 bits per heavy atom. The lowest BCUT2D eigenvalue weighted by atomic mass is 10.1. The number of thiazole rings is 1. The van der Waals surface area contributed by atoms with E-state index in [9.17, 15) is 4.79 Å². The highest BCUT2D eigenvalue weighted by Gasteiger charge is 2.10. The van der Waals surface area contributed by atoms with Gasteiger partial charge in [-0.05, 0) is 13.8 Å². The topological polar surface area (TPSA) is 56.5 Å². The van der Waals surface area contributed by atoms with Crippen LogP contribution in [0.15, 0.2) is 28.6 Å². The molecule has 7 heteroatoms. The molecule has 3 heterocycles. The molecule has 120 valence electrons. The van der Waals surface area contributed by atoms with Crippen LogP contribution >= 0.6 is 23.1 Å². The maximum absolute atomic E-state index is 12.0. The largest absolute Gasteiger partial charge is 0.496 e. The number of nitrogens with zero attached hydrogens (tertiary/aromatic N) is 3. The van der Waals surface area contributed by atoms with Gasteiger partial charge in [-0.25, -0.2) is 4.98 Å². The third-order valence-electron chi connectivity index (χ3n) is 3.59. The number of aryl methyl sites for hydroxylation is 1. The molecule has 0 atom stereocenters. The highest BCUT2D eigenvalue weighted by atomic mass is 32.2. The number of methoxy groups -OCH3 is 1. The summed E-state index contributed by atoms with van der Waals surface area (Å²) in [5.74, 6) is 2.33. The van der Waals surface area contributed by atoms with E-state index in [0.29, 0.717) is 5.75 Å². The molecular weight excluding hydrogens is 330 g/mol. The minimum absolute atomic E-state index is 0.0295. The fourth-order valence-electron chi connectivity index (χ4n) is 2.43. The van der Waals surface area contributed by atoms with Crippen molar-refractivity contribution < 1.29 is 4.74 Å². The molecule has 0 spiro atoms. The van der Waals surface area contributed by atoms with Crippen molar-refractivity contribution in [2.75, 3.05) is 7.11 Å². The van der Waals surface area contributed by atoms with E-state index in [0.717, 1.165) is 39.0 Å². The first kappa shape index (κ1) is 16.0. The summed E-state index contributed by atoms with van der Waals surface area (Å²) in [6.07, 6.45) is 3.59. The predicted molar refractivity (Wildman–Crippen MR) is 94.6 cm³/mol. The summed E-state index contributed by atoms with van der Waals surface area (Å²) in [5, 5.41) is 1.87. The first-order valence-electron chi connectivity index (χ1n) is 7.12. The van der Waals surface area contributed by atoms with E-state index in [1.807, 2.05) is 25.4 Å². The second-order valence-corrected chi connectivity index (χ2v) is 7.04. The van der Waals surface area contributed by atoms with E-state index in [4.69, 9.17) is 4.74 Å². The van der Waals surface area contributed by atoms with E-state index in [1.165, 1.54) is 11.3 Å². The zero-order valence-corrected chi connectivity index (χ0v) is 14.8. The van der Waals surface area contributed by atoms with E-state index < -0.39 is 0 Å². The SMILES string of the molecule is COc1c(C)cnc(CSCc2cc(=O)n3ccsc3n2)c1C. The molecule has 0 bridgehead atoms. The Morgan fingerprint density at radius 1 is 1.35 bits per heavy atom. The van der Waals surface area contributed by atoms with Gasteiger partial charge in [0.1, 0.15) is 5.75 Å². The molecule has 5 nitrogen and oxygen atoms in total. The number of pyridine rings is 1. The molecule has 0 fully saturated rings. The number of fused-ring (bicyclic) bond motifs is 1. The molecule has 0 saturated heterocycles. The summed E-state index contributed by atoms with van der Waals surface area (Å²) in [6.45, 7) is 4.01. The molecule has 3 aromatic rings. The Bertz CT molecular complexity index is 902. The summed E-state index contributed by atoms with van der Waals surface area (Å²) in [5.41, 5.74) is 3.89. The Hall–Kier alpha value is -1.86. The number of rotatable bonds is 5. The van der Waals surface area contributed by atoms with Crippen molar-refractivity contribution in [1.82, 2.24) is 14.4 Å². The Morgan fingerprint density at radius 3 is 2.96 bits per heavy atom. The highest BCUT2D eigenvalue weighted by Crippen LogP contribution is 2.27. The third-order valence-corrected chi connectivity index (χ3v) is 5.33. The van der Waals surface area contributed by atoms with Gasteiger partial charge in [0.25, 0.3) is 5.56 Å². The van der Waals surface area contributed by atoms with E-state index in [-0.39, 0.29) is 5.56 Å². The van der Waals surface area contributed by atoms with Crippen molar-refractivity contribution in [3.63, 3.8) is 0 Å². The summed E-state index contributed by atoms with van der Waals surface area (Å²) in [4.78, 5) is 21.7. The molecule has 0 aromatic carbocycles. The molecule has 0 N–H and O–H groups in total. The van der Waals surface area contributed by atoms with Crippen LogP contribution in [0.4, 0.5) is 0 Å². The predicted octanol–water partition coefficient (Wildman–Crippen LogP) is 3.21. The van der Waals surface area contributed by atoms with Gasteiger partial charge in [0.15, 0.2) is 4.96 Å². The van der Waals surface area contributed by atoms with Gasteiger partial charge in [-0.1, -0.05) is 0 Å². The number of thioether (sulfide) groups is 1. The van der Waals surface area contributed by atoms with E-state index in [2.05, 4.69) is 9.97 Å². The first-order valence-corrected chi connectivity index (χ1v) is 9.16. The van der Waals surface area contributed by atoms with Crippen molar-refractivity contribution >= 4 is 28.1 Å². The van der Waals surface area contributed by atoms with Crippen molar-refractivity contribution in [2.24, 2.45) is 0 Å². The van der Waals surface area contributed by atoms with Crippen molar-refractivity contribution in [3.8, 4) is 5.75 Å². The van der Waals surface area contributed by atoms with Crippen LogP contribution in [0.5, 0.6) is 5.75 Å². The standard InChI is InChI=1S/C16H17N3O2S2/c1-10-7-17-13(11(2)15(10)21-3)9-22-8-12-6-14(20)19-4-5-23-16(19)18-12/h4-7H,8-9H2,1-3H3. The van der Waals surface area contributed by atoms with Gasteiger partial charge in [0, 0.05) is 46.5 Å². The normalized spacial score (nSPS) is 11.1. The third kappa shape index (κ3) is 3.25. The van der Waals surface area contributed by atoms with Crippen LogP contribution in [0.1, 0.15) is 22.5 Å². The van der Waals surface area contributed by atoms with Gasteiger partial charge >= 0.3 is 0 Å². The summed E-state index contributed by atoms with van der Waals surface area (Å²) in [6, 6.07) is 1.60. The molecule has 0 radical (unpaired) electrons. The van der Waals surface area contributed by atoms with Gasteiger partial charge < -0.3 is 4.74 Å². The van der Waals surface area contributed by atoms with Crippen LogP contribution in [-0.4, -0.2) is 21.5 Å². The average Bonchev–Trinajstić information content (AvgIpc) is 2.99. The van der Waals surface area contributed by atoms with E-state index >= 15 is 0 Å². The fraction of sp³-hybridized carbons (Fsp3) is 0.312. The number of aromatic nitrogens is 3. The Balaban J connectivity index is 1.73. The van der Waals surface area contributed by atoms with Crippen LogP contribution in [0.2, 0.25) is 0 Å². The number of hydrogen-bond donors (Lipinski definition) is 0. The molecule has 3 aromatic heterocycles. The van der Waals surface area contributed by atoms with Crippen molar-refractivity contribution in [3.05, 3.63) is 56.7 Å². The summed E-state index contributed by atoms with van der Waals surface area (Å²) in [7, 11) is 1.68. The zero-order valence-electron chi connectivity index (χ0n) is 13.2. The van der Waals surface area contributed by atoms with Crippen LogP contribution in [0.25, 0.3) is 4.96 Å². The minimum atomic E-state index is -0.0295. The lowest BCUT2D eigenvalue weighted by Crippen LogP contribution is -2.12. The van der Waals surface area contributed by atoms with Gasteiger partial charge in [-0.15, -0.1) is 23.1 Å². The molecule has 23 heavy (non-hydrogen) atoms. The second kappa shape index (κ2) is 6.72. The summed E-state index contributed by atoms with van der Waals surface area (Å²) < 4.78 is 7.00. The summed E-state index contributed by atoms with van der Waals surface area (Å²) >= 11 is 3.16. The smallest absolute Gasteiger partial charge is 0.258 e. The molecule has 0 amide bonds. The molecule has 0 aliphatic rings. The van der Waals surface area contributed by atoms with Gasteiger partial charge in [0.2, 0.25) is 0 Å². The fourth-order valence-corrected chi connectivity index (χ4v) is 4.11. The van der Waals surface area contributed by atoms with Crippen molar-refractivity contribution in [1.29, 1.82) is 0 Å². The lowest BCUT2D eigenvalue weighted by Gasteiger charge is -2.11. The van der Waals surface area contributed by atoms with Crippen LogP contribution in [-0.2, 0) is 11.5 Å². The van der Waals surface area contributed by atoms with Crippen LogP contribution in [0.3, 0.4) is 0 Å². The molecule has 0 saturated carbocycles. The number of ether oxygens (including phenoxy) is 1. The van der Waals surface area contributed by atoms with E-state index in [1.54, 1.807) is 35.5 Å². The first-order chi connectivity index (χ1) is 11.1. The van der Waals surface area contributed by atoms with Crippen LogP contribution < -0.4 is 10.3 Å². The molecule has 3 rings (SSSR count). The zero-order chi connectivity index (χ0) is 16.4. The Kier molecular flexibility index (Phi) is 4.68. The maximum atomic E-state index is 12.0.